The summed E-state index contributed by atoms with van der Waals surface area (Å²) in [5, 5.41) is 11.0. The number of phenolic OH excluding ortho intramolecular Hbond substituents is 1. The van der Waals surface area contributed by atoms with Gasteiger partial charge in [0.2, 0.25) is 0 Å². The van der Waals surface area contributed by atoms with Gasteiger partial charge in [0.25, 0.3) is 0 Å². The molecule has 0 bridgehead atoms. The number of aromatic hydroxyl groups is 1. The van der Waals surface area contributed by atoms with Crippen LogP contribution in [0.4, 0.5) is 0 Å². The van der Waals surface area contributed by atoms with Crippen molar-refractivity contribution in [1.29, 1.82) is 0 Å². The predicted octanol–water partition coefficient (Wildman–Crippen LogP) is 4.84. The zero-order valence-corrected chi connectivity index (χ0v) is 17.2. The molecular weight excluding hydrogens is 360 g/mol. The topological polar surface area (TPSA) is 54.2 Å². The quantitative estimate of drug-likeness (QED) is 0.536. The Bertz CT molecular complexity index is 1220. The Morgan fingerprint density at radius 2 is 1.69 bits per heavy atom. The van der Waals surface area contributed by atoms with Gasteiger partial charge in [0.05, 0.1) is 17.2 Å². The van der Waals surface area contributed by atoms with Crippen molar-refractivity contribution in [2.45, 2.75) is 32.7 Å². The first kappa shape index (κ1) is 18.1. The van der Waals surface area contributed by atoms with E-state index in [4.69, 9.17) is 4.98 Å². The first-order chi connectivity index (χ1) is 14.0. The summed E-state index contributed by atoms with van der Waals surface area (Å²) in [5.74, 6) is 1.39. The molecule has 1 aliphatic heterocycles. The fourth-order valence-electron chi connectivity index (χ4n) is 4.61. The van der Waals surface area contributed by atoms with E-state index < -0.39 is 0 Å². The lowest BCUT2D eigenvalue weighted by atomic mass is 10.00. The van der Waals surface area contributed by atoms with Gasteiger partial charge in [0, 0.05) is 11.4 Å². The smallest absolute Gasteiger partial charge is 0.118 e. The molecule has 1 aliphatic rings. The zero-order chi connectivity index (χ0) is 20.1. The predicted molar refractivity (Wildman–Crippen MR) is 117 cm³/mol. The van der Waals surface area contributed by atoms with Gasteiger partial charge in [0.15, 0.2) is 0 Å². The number of fused-ring (bicyclic) bond motifs is 3. The molecule has 1 saturated heterocycles. The van der Waals surface area contributed by atoms with Crippen LogP contribution in [0.1, 0.15) is 30.3 Å². The average molecular weight is 386 g/mol. The van der Waals surface area contributed by atoms with E-state index in [0.29, 0.717) is 11.8 Å². The van der Waals surface area contributed by atoms with E-state index in [1.54, 1.807) is 6.07 Å². The Labute approximate surface area is 170 Å². The molecule has 0 aliphatic carbocycles. The molecule has 0 unspecified atom stereocenters. The second kappa shape index (κ2) is 6.85. The van der Waals surface area contributed by atoms with Crippen LogP contribution in [-0.2, 0) is 0 Å². The van der Waals surface area contributed by atoms with E-state index in [-0.39, 0.29) is 0 Å². The second-order valence-electron chi connectivity index (χ2n) is 8.29. The van der Waals surface area contributed by atoms with Gasteiger partial charge < -0.3 is 14.6 Å². The van der Waals surface area contributed by atoms with E-state index in [2.05, 4.69) is 46.6 Å². The Kier molecular flexibility index (Phi) is 4.28. The van der Waals surface area contributed by atoms with Gasteiger partial charge in [-0.3, -0.25) is 4.98 Å². The minimum Gasteiger partial charge on any atom is -0.508 e. The van der Waals surface area contributed by atoms with Crippen LogP contribution in [0.15, 0.2) is 42.6 Å². The third kappa shape index (κ3) is 3.06. The molecule has 4 aromatic rings. The summed E-state index contributed by atoms with van der Waals surface area (Å²) < 4.78 is 2.44. The molecule has 1 N–H and O–H groups in total. The van der Waals surface area contributed by atoms with E-state index in [0.717, 1.165) is 64.9 Å². The van der Waals surface area contributed by atoms with Crippen molar-refractivity contribution in [3.8, 4) is 16.9 Å². The number of pyridine rings is 1. The molecule has 29 heavy (non-hydrogen) atoms. The number of aryl methyl sites for hydroxylation is 2. The van der Waals surface area contributed by atoms with Crippen molar-refractivity contribution in [3.05, 3.63) is 54.0 Å². The molecule has 2 aromatic heterocycles. The number of piperidine rings is 1. The molecule has 5 nitrogen and oxygen atoms in total. The molecule has 5 heteroatoms. The first-order valence-electron chi connectivity index (χ1n) is 10.3. The summed E-state index contributed by atoms with van der Waals surface area (Å²) in [4.78, 5) is 11.9. The van der Waals surface area contributed by atoms with Crippen molar-refractivity contribution in [2.75, 3.05) is 20.1 Å². The third-order valence-corrected chi connectivity index (χ3v) is 6.28. The molecule has 5 rings (SSSR count). The molecule has 148 valence electrons. The summed E-state index contributed by atoms with van der Waals surface area (Å²) >= 11 is 0. The number of likely N-dealkylation sites (tertiary alicyclic amines) is 1. The van der Waals surface area contributed by atoms with Crippen molar-refractivity contribution in [3.63, 3.8) is 0 Å². The standard InChI is InChI=1S/C24H26N4O/c1-15-12-17(5-7-23(15)29)18-4-6-21-20(13-18)24-22(14-25-21)26-16(2)28(24)19-8-10-27(3)11-9-19/h4-7,12-14,19,29H,8-11H2,1-3H3. The largest absolute Gasteiger partial charge is 0.508 e. The second-order valence-corrected chi connectivity index (χ2v) is 8.29. The fraction of sp³-hybridized carbons (Fsp3) is 0.333. The minimum atomic E-state index is 0.328. The molecule has 0 atom stereocenters. The van der Waals surface area contributed by atoms with E-state index in [1.807, 2.05) is 25.3 Å². The van der Waals surface area contributed by atoms with Crippen molar-refractivity contribution in [2.24, 2.45) is 0 Å². The average Bonchev–Trinajstić information content (AvgIpc) is 3.06. The molecule has 0 amide bonds. The number of aromatic nitrogens is 3. The fourth-order valence-corrected chi connectivity index (χ4v) is 4.61. The van der Waals surface area contributed by atoms with Crippen LogP contribution in [0.5, 0.6) is 5.75 Å². The van der Waals surface area contributed by atoms with Gasteiger partial charge in [-0.15, -0.1) is 0 Å². The summed E-state index contributed by atoms with van der Waals surface area (Å²) in [6.45, 7) is 6.27. The Balaban J connectivity index is 1.71. The molecule has 0 radical (unpaired) electrons. The lowest BCUT2D eigenvalue weighted by molar-refractivity contribution is 0.222. The molecular formula is C24H26N4O. The maximum atomic E-state index is 9.88. The lowest BCUT2D eigenvalue weighted by Crippen LogP contribution is -2.31. The van der Waals surface area contributed by atoms with Crippen molar-refractivity contribution >= 4 is 21.9 Å². The highest BCUT2D eigenvalue weighted by Crippen LogP contribution is 2.34. The van der Waals surface area contributed by atoms with Gasteiger partial charge in [-0.25, -0.2) is 4.98 Å². The number of phenols is 1. The van der Waals surface area contributed by atoms with E-state index in [9.17, 15) is 5.11 Å². The molecule has 1 fully saturated rings. The van der Waals surface area contributed by atoms with Crippen LogP contribution in [0.2, 0.25) is 0 Å². The lowest BCUT2D eigenvalue weighted by Gasteiger charge is -2.31. The summed E-state index contributed by atoms with van der Waals surface area (Å²) in [6.07, 6.45) is 4.19. The number of hydrogen-bond acceptors (Lipinski definition) is 4. The maximum Gasteiger partial charge on any atom is 0.118 e. The molecule has 3 heterocycles. The highest BCUT2D eigenvalue weighted by Gasteiger charge is 2.23. The highest BCUT2D eigenvalue weighted by atomic mass is 16.3. The zero-order valence-electron chi connectivity index (χ0n) is 17.2. The summed E-state index contributed by atoms with van der Waals surface area (Å²) in [6, 6.07) is 12.7. The number of benzene rings is 2. The Morgan fingerprint density at radius 1 is 0.966 bits per heavy atom. The highest BCUT2D eigenvalue weighted by molar-refractivity contribution is 6.04. The van der Waals surface area contributed by atoms with Crippen LogP contribution in [0.25, 0.3) is 33.1 Å². The minimum absolute atomic E-state index is 0.328. The van der Waals surface area contributed by atoms with Crippen molar-refractivity contribution < 1.29 is 5.11 Å². The number of nitrogens with zero attached hydrogens (tertiary/aromatic N) is 4. The Hall–Kier alpha value is -2.92. The van der Waals surface area contributed by atoms with Crippen LogP contribution in [-0.4, -0.2) is 44.7 Å². The first-order valence-corrected chi connectivity index (χ1v) is 10.3. The van der Waals surface area contributed by atoms with Crippen LogP contribution in [0.3, 0.4) is 0 Å². The van der Waals surface area contributed by atoms with Crippen LogP contribution < -0.4 is 0 Å². The van der Waals surface area contributed by atoms with Crippen LogP contribution in [0, 0.1) is 13.8 Å². The van der Waals surface area contributed by atoms with Gasteiger partial charge in [0.1, 0.15) is 17.1 Å². The van der Waals surface area contributed by atoms with Gasteiger partial charge in [-0.2, -0.15) is 0 Å². The van der Waals surface area contributed by atoms with Gasteiger partial charge >= 0.3 is 0 Å². The third-order valence-electron chi connectivity index (χ3n) is 6.28. The molecule has 0 spiro atoms. The van der Waals surface area contributed by atoms with E-state index >= 15 is 0 Å². The van der Waals surface area contributed by atoms with Crippen LogP contribution >= 0.6 is 0 Å². The maximum absolute atomic E-state index is 9.88. The normalized spacial score (nSPS) is 16.1. The number of hydrogen-bond donors (Lipinski definition) is 1. The van der Waals surface area contributed by atoms with Gasteiger partial charge in [-0.05, 0) is 87.8 Å². The number of imidazole rings is 1. The van der Waals surface area contributed by atoms with E-state index in [1.165, 1.54) is 5.52 Å². The number of rotatable bonds is 2. The summed E-state index contributed by atoms with van der Waals surface area (Å²) in [5.41, 5.74) is 6.26. The van der Waals surface area contributed by atoms with Crippen molar-refractivity contribution in [1.82, 2.24) is 19.4 Å². The molecule has 0 saturated carbocycles. The summed E-state index contributed by atoms with van der Waals surface area (Å²) in [7, 11) is 2.19. The molecule has 2 aromatic carbocycles. The monoisotopic (exact) mass is 386 g/mol. The Morgan fingerprint density at radius 3 is 2.45 bits per heavy atom. The van der Waals surface area contributed by atoms with Gasteiger partial charge in [-0.1, -0.05) is 12.1 Å². The SMILES string of the molecule is Cc1cc(-c2ccc3ncc4nc(C)n(C5CCN(C)CC5)c4c3c2)ccc1O.